The second-order valence-electron chi connectivity index (χ2n) is 6.26. The maximum absolute atomic E-state index is 12.0. The van der Waals surface area contributed by atoms with Crippen LogP contribution in [0.25, 0.3) is 0 Å². The smallest absolute Gasteiger partial charge is 0.411 e. The lowest BCUT2D eigenvalue weighted by Crippen LogP contribution is -2.36. The van der Waals surface area contributed by atoms with Gasteiger partial charge in [-0.1, -0.05) is 45.4 Å². The van der Waals surface area contributed by atoms with Gasteiger partial charge in [0.05, 0.1) is 0 Å². The molecule has 2 rings (SSSR count). The summed E-state index contributed by atoms with van der Waals surface area (Å²) in [6, 6.07) is 9.45. The van der Waals surface area contributed by atoms with E-state index in [9.17, 15) is 4.79 Å². The molecule has 0 aromatic heterocycles. The molecule has 1 aliphatic carbocycles. The normalized spacial score (nSPS) is 26.3. The Hall–Kier alpha value is -1.51. The van der Waals surface area contributed by atoms with Crippen molar-refractivity contribution in [2.45, 2.75) is 46.1 Å². The van der Waals surface area contributed by atoms with Crippen LogP contribution < -0.4 is 5.32 Å². The van der Waals surface area contributed by atoms with Gasteiger partial charge in [0.1, 0.15) is 6.10 Å². The van der Waals surface area contributed by atoms with Crippen LogP contribution in [0.2, 0.25) is 0 Å². The van der Waals surface area contributed by atoms with Crippen LogP contribution in [0.4, 0.5) is 10.5 Å². The second-order valence-corrected chi connectivity index (χ2v) is 6.26. The summed E-state index contributed by atoms with van der Waals surface area (Å²) >= 11 is 0. The highest BCUT2D eigenvalue weighted by Crippen LogP contribution is 2.35. The Balaban J connectivity index is 1.94. The number of carbonyl (C=O) groups is 1. The van der Waals surface area contributed by atoms with E-state index in [-0.39, 0.29) is 12.2 Å². The van der Waals surface area contributed by atoms with E-state index in [1.165, 1.54) is 6.42 Å². The van der Waals surface area contributed by atoms with Gasteiger partial charge in [0.2, 0.25) is 0 Å². The molecule has 1 fully saturated rings. The predicted molar refractivity (Wildman–Crippen MR) is 81.7 cm³/mol. The second kappa shape index (κ2) is 6.78. The summed E-state index contributed by atoms with van der Waals surface area (Å²) in [5, 5.41) is 2.80. The third-order valence-electron chi connectivity index (χ3n) is 4.24. The number of hydrogen-bond acceptors (Lipinski definition) is 2. The molecule has 3 nitrogen and oxygen atoms in total. The van der Waals surface area contributed by atoms with Crippen LogP contribution in [0, 0.1) is 17.8 Å². The number of amides is 1. The van der Waals surface area contributed by atoms with Crippen molar-refractivity contribution in [3.8, 4) is 0 Å². The molecule has 0 radical (unpaired) electrons. The van der Waals surface area contributed by atoms with E-state index in [0.29, 0.717) is 17.8 Å². The highest BCUT2D eigenvalue weighted by Gasteiger charge is 2.33. The Morgan fingerprint density at radius 3 is 2.60 bits per heavy atom. The molecule has 0 spiro atoms. The van der Waals surface area contributed by atoms with Crippen LogP contribution in [0.5, 0.6) is 0 Å². The van der Waals surface area contributed by atoms with Crippen LogP contribution >= 0.6 is 0 Å². The fraction of sp³-hybridized carbons (Fsp3) is 0.588. The van der Waals surface area contributed by atoms with Gasteiger partial charge in [0, 0.05) is 5.69 Å². The Labute approximate surface area is 121 Å². The van der Waals surface area contributed by atoms with Gasteiger partial charge in [-0.3, -0.25) is 5.32 Å². The molecule has 1 saturated carbocycles. The first-order valence-electron chi connectivity index (χ1n) is 7.59. The average molecular weight is 275 g/mol. The molecule has 0 bridgehead atoms. The van der Waals surface area contributed by atoms with Gasteiger partial charge in [-0.05, 0) is 42.7 Å². The molecule has 0 saturated heterocycles. The summed E-state index contributed by atoms with van der Waals surface area (Å²) in [7, 11) is 0. The molecule has 20 heavy (non-hydrogen) atoms. The molecule has 3 atom stereocenters. The molecule has 1 aromatic rings. The van der Waals surface area contributed by atoms with Crippen LogP contribution in [-0.2, 0) is 4.74 Å². The first kappa shape index (κ1) is 14.9. The van der Waals surface area contributed by atoms with E-state index >= 15 is 0 Å². The highest BCUT2D eigenvalue weighted by atomic mass is 16.6. The Morgan fingerprint density at radius 1 is 1.25 bits per heavy atom. The summed E-state index contributed by atoms with van der Waals surface area (Å²) in [6.45, 7) is 6.67. The predicted octanol–water partition coefficient (Wildman–Crippen LogP) is 4.70. The lowest BCUT2D eigenvalue weighted by molar-refractivity contribution is 0.0126. The van der Waals surface area contributed by atoms with Gasteiger partial charge in [-0.2, -0.15) is 0 Å². The Morgan fingerprint density at radius 2 is 1.95 bits per heavy atom. The van der Waals surface area contributed by atoms with E-state index in [0.717, 1.165) is 18.5 Å². The Kier molecular flexibility index (Phi) is 5.05. The maximum Gasteiger partial charge on any atom is 0.411 e. The van der Waals surface area contributed by atoms with Crippen LogP contribution in [-0.4, -0.2) is 12.2 Å². The SMILES string of the molecule is CC(C)[C@@H]1CC[C@@H](C)C[C@@H]1OC(=O)Nc1ccccc1. The first-order chi connectivity index (χ1) is 9.56. The van der Waals surface area contributed by atoms with Crippen LogP contribution in [0.3, 0.4) is 0 Å². The van der Waals surface area contributed by atoms with E-state index < -0.39 is 0 Å². The largest absolute Gasteiger partial charge is 0.446 e. The molecule has 0 heterocycles. The molecular formula is C17H25NO2. The fourth-order valence-corrected chi connectivity index (χ4v) is 3.06. The van der Waals surface area contributed by atoms with Gasteiger partial charge < -0.3 is 4.74 Å². The lowest BCUT2D eigenvalue weighted by atomic mass is 9.75. The lowest BCUT2D eigenvalue weighted by Gasteiger charge is -2.36. The molecule has 1 aromatic carbocycles. The van der Waals surface area contributed by atoms with Crippen molar-refractivity contribution >= 4 is 11.8 Å². The van der Waals surface area contributed by atoms with Crippen molar-refractivity contribution in [3.05, 3.63) is 30.3 Å². The van der Waals surface area contributed by atoms with Gasteiger partial charge in [0.15, 0.2) is 0 Å². The van der Waals surface area contributed by atoms with Crippen molar-refractivity contribution in [1.29, 1.82) is 0 Å². The minimum atomic E-state index is -0.332. The van der Waals surface area contributed by atoms with E-state index in [4.69, 9.17) is 4.74 Å². The number of nitrogens with one attached hydrogen (secondary N) is 1. The summed E-state index contributed by atoms with van der Waals surface area (Å²) < 4.78 is 5.69. The quantitative estimate of drug-likeness (QED) is 0.868. The number of rotatable bonds is 3. The molecule has 1 aliphatic rings. The number of hydrogen-bond donors (Lipinski definition) is 1. The fourth-order valence-electron chi connectivity index (χ4n) is 3.06. The summed E-state index contributed by atoms with van der Waals surface area (Å²) in [6.07, 6.45) is 3.08. The van der Waals surface area contributed by atoms with E-state index in [2.05, 4.69) is 26.1 Å². The van der Waals surface area contributed by atoms with Crippen molar-refractivity contribution in [3.63, 3.8) is 0 Å². The third kappa shape index (κ3) is 3.99. The minimum Gasteiger partial charge on any atom is -0.446 e. The molecule has 0 aliphatic heterocycles. The summed E-state index contributed by atoms with van der Waals surface area (Å²) in [5.74, 6) is 1.67. The number of carbonyl (C=O) groups excluding carboxylic acids is 1. The van der Waals surface area contributed by atoms with Crippen molar-refractivity contribution < 1.29 is 9.53 Å². The Bertz CT molecular complexity index is 430. The monoisotopic (exact) mass is 275 g/mol. The van der Waals surface area contributed by atoms with E-state index in [1.807, 2.05) is 30.3 Å². The van der Waals surface area contributed by atoms with Crippen molar-refractivity contribution in [1.82, 2.24) is 0 Å². The van der Waals surface area contributed by atoms with Crippen LogP contribution in [0.1, 0.15) is 40.0 Å². The molecular weight excluding hydrogens is 250 g/mol. The molecule has 1 N–H and O–H groups in total. The highest BCUT2D eigenvalue weighted by molar-refractivity contribution is 5.84. The zero-order valence-corrected chi connectivity index (χ0v) is 12.6. The molecule has 1 amide bonds. The van der Waals surface area contributed by atoms with Crippen molar-refractivity contribution in [2.75, 3.05) is 5.32 Å². The molecule has 110 valence electrons. The van der Waals surface area contributed by atoms with Gasteiger partial charge in [0.25, 0.3) is 0 Å². The third-order valence-corrected chi connectivity index (χ3v) is 4.24. The van der Waals surface area contributed by atoms with Crippen molar-refractivity contribution in [2.24, 2.45) is 17.8 Å². The zero-order valence-electron chi connectivity index (χ0n) is 12.6. The summed E-state index contributed by atoms with van der Waals surface area (Å²) in [5.41, 5.74) is 0.780. The first-order valence-corrected chi connectivity index (χ1v) is 7.59. The standard InChI is InChI=1S/C17H25NO2/c1-12(2)15-10-9-13(3)11-16(15)20-17(19)18-14-7-5-4-6-8-14/h4-8,12-13,15-16H,9-11H2,1-3H3,(H,18,19)/t13-,15+,16+/m1/s1. The number of benzene rings is 1. The maximum atomic E-state index is 12.0. The molecule has 3 heteroatoms. The van der Waals surface area contributed by atoms with E-state index in [1.54, 1.807) is 0 Å². The molecule has 0 unspecified atom stereocenters. The zero-order chi connectivity index (χ0) is 14.5. The van der Waals surface area contributed by atoms with Crippen LogP contribution in [0.15, 0.2) is 30.3 Å². The number of ether oxygens (including phenoxy) is 1. The van der Waals surface area contributed by atoms with Gasteiger partial charge >= 0.3 is 6.09 Å². The number of anilines is 1. The minimum absolute atomic E-state index is 0.0439. The number of para-hydroxylation sites is 1. The topological polar surface area (TPSA) is 38.3 Å². The average Bonchev–Trinajstić information content (AvgIpc) is 2.39. The van der Waals surface area contributed by atoms with Gasteiger partial charge in [-0.25, -0.2) is 4.79 Å². The summed E-state index contributed by atoms with van der Waals surface area (Å²) in [4.78, 5) is 12.0. The van der Waals surface area contributed by atoms with Gasteiger partial charge in [-0.15, -0.1) is 0 Å².